The molecule has 7 heteroatoms. The molecule has 2 heterocycles. The first-order valence-corrected chi connectivity index (χ1v) is 15.2. The van der Waals surface area contributed by atoms with Gasteiger partial charge in [-0.2, -0.15) is 0 Å². The lowest BCUT2D eigenvalue weighted by Crippen LogP contribution is -2.46. The van der Waals surface area contributed by atoms with Crippen molar-refractivity contribution in [3.8, 4) is 11.5 Å². The van der Waals surface area contributed by atoms with Gasteiger partial charge in [-0.25, -0.2) is 0 Å². The van der Waals surface area contributed by atoms with Crippen LogP contribution in [0.25, 0.3) is 5.70 Å². The fourth-order valence-corrected chi connectivity index (χ4v) is 6.35. The maximum Gasteiger partial charge on any atom is 0.261 e. The minimum Gasteiger partial charge on any atom is -0.493 e. The van der Waals surface area contributed by atoms with E-state index in [1.165, 1.54) is 5.56 Å². The fourth-order valence-electron chi connectivity index (χ4n) is 6.35. The van der Waals surface area contributed by atoms with Gasteiger partial charge in [-0.05, 0) is 53.6 Å². The number of piperazine rings is 1. The van der Waals surface area contributed by atoms with Crippen LogP contribution in [-0.2, 0) is 6.54 Å². The largest absolute Gasteiger partial charge is 0.493 e. The first-order valence-electron chi connectivity index (χ1n) is 15.2. The third kappa shape index (κ3) is 5.63. The third-order valence-electron chi connectivity index (χ3n) is 8.76. The summed E-state index contributed by atoms with van der Waals surface area (Å²) < 4.78 is 11.2. The first kappa shape index (κ1) is 29.3. The van der Waals surface area contributed by atoms with Gasteiger partial charge in [0.2, 0.25) is 0 Å². The summed E-state index contributed by atoms with van der Waals surface area (Å²) in [6.07, 6.45) is 0. The molecular formula is C37H40N4O3. The van der Waals surface area contributed by atoms with E-state index in [1.807, 2.05) is 59.5 Å². The number of benzene rings is 4. The third-order valence-corrected chi connectivity index (χ3v) is 8.76. The summed E-state index contributed by atoms with van der Waals surface area (Å²) in [5, 5.41) is 3.56. The Morgan fingerprint density at radius 3 is 2.27 bits per heavy atom. The van der Waals surface area contributed by atoms with Crippen molar-refractivity contribution in [3.63, 3.8) is 0 Å². The number of rotatable bonds is 10. The van der Waals surface area contributed by atoms with Gasteiger partial charge in [-0.1, -0.05) is 74.2 Å². The van der Waals surface area contributed by atoms with Gasteiger partial charge >= 0.3 is 0 Å². The molecule has 0 aliphatic carbocycles. The fraction of sp³-hybridized carbons (Fsp3) is 0.270. The molecule has 1 amide bonds. The zero-order chi connectivity index (χ0) is 30.6. The van der Waals surface area contributed by atoms with Crippen LogP contribution >= 0.6 is 0 Å². The average molecular weight is 589 g/mol. The topological polar surface area (TPSA) is 57.3 Å². The summed E-state index contributed by atoms with van der Waals surface area (Å²) in [6, 6.07) is 30.2. The number of fused-ring (bicyclic) bond motifs is 1. The minimum absolute atomic E-state index is 0.0408. The number of amides is 1. The second-order valence-electron chi connectivity index (χ2n) is 11.2. The maximum atomic E-state index is 14.6. The number of hydrogen-bond acceptors (Lipinski definition) is 6. The summed E-state index contributed by atoms with van der Waals surface area (Å²) in [5.74, 6) is 1.20. The Balaban J connectivity index is 1.40. The molecule has 44 heavy (non-hydrogen) atoms. The van der Waals surface area contributed by atoms with Crippen molar-refractivity contribution in [1.82, 2.24) is 9.80 Å². The van der Waals surface area contributed by atoms with Crippen molar-refractivity contribution in [2.24, 2.45) is 0 Å². The number of methoxy groups -OCH3 is 2. The second-order valence-corrected chi connectivity index (χ2v) is 11.2. The Morgan fingerprint density at radius 2 is 1.55 bits per heavy atom. The van der Waals surface area contributed by atoms with Crippen molar-refractivity contribution in [3.05, 3.63) is 125 Å². The van der Waals surface area contributed by atoms with Gasteiger partial charge in [0.05, 0.1) is 31.5 Å². The molecule has 1 atom stereocenters. The Labute approximate surface area is 260 Å². The van der Waals surface area contributed by atoms with Gasteiger partial charge in [-0.15, -0.1) is 0 Å². The van der Waals surface area contributed by atoms with Crippen LogP contribution in [-0.4, -0.2) is 62.7 Å². The quantitative estimate of drug-likeness (QED) is 0.223. The van der Waals surface area contributed by atoms with Crippen LogP contribution in [0.5, 0.6) is 11.5 Å². The molecule has 7 nitrogen and oxygen atoms in total. The molecule has 1 fully saturated rings. The lowest BCUT2D eigenvalue weighted by molar-refractivity contribution is 0.0821. The Kier molecular flexibility index (Phi) is 8.57. The van der Waals surface area contributed by atoms with Crippen molar-refractivity contribution < 1.29 is 14.3 Å². The number of nitrogens with one attached hydrogen (secondary N) is 1. The number of nitrogens with zero attached hydrogens (tertiary/aromatic N) is 3. The van der Waals surface area contributed by atoms with Crippen molar-refractivity contribution in [2.75, 3.05) is 57.2 Å². The molecule has 0 aromatic heterocycles. The molecule has 0 saturated carbocycles. The monoisotopic (exact) mass is 588 g/mol. The van der Waals surface area contributed by atoms with Gasteiger partial charge in [0.15, 0.2) is 11.5 Å². The number of carbonyl (C=O) groups excluding carboxylic acids is 1. The number of carbonyl (C=O) groups is 1. The van der Waals surface area contributed by atoms with E-state index in [2.05, 4.69) is 65.0 Å². The van der Waals surface area contributed by atoms with Crippen molar-refractivity contribution in [1.29, 1.82) is 0 Å². The predicted molar refractivity (Wildman–Crippen MR) is 178 cm³/mol. The normalized spacial score (nSPS) is 15.7. The highest BCUT2D eigenvalue weighted by molar-refractivity contribution is 6.13. The van der Waals surface area contributed by atoms with E-state index in [4.69, 9.17) is 9.47 Å². The second kappa shape index (κ2) is 12.9. The van der Waals surface area contributed by atoms with E-state index in [0.717, 1.165) is 66.4 Å². The number of hydrogen-bond donors (Lipinski definition) is 1. The Morgan fingerprint density at radius 1 is 0.818 bits per heavy atom. The zero-order valence-corrected chi connectivity index (χ0v) is 25.8. The first-order chi connectivity index (χ1) is 21.5. The van der Waals surface area contributed by atoms with Crippen LogP contribution in [0, 0.1) is 0 Å². The van der Waals surface area contributed by atoms with Crippen molar-refractivity contribution in [2.45, 2.75) is 19.5 Å². The summed E-state index contributed by atoms with van der Waals surface area (Å²) >= 11 is 0. The highest BCUT2D eigenvalue weighted by atomic mass is 16.5. The van der Waals surface area contributed by atoms with Gasteiger partial charge in [0.25, 0.3) is 5.91 Å². The highest BCUT2D eigenvalue weighted by Gasteiger charge is 2.40. The van der Waals surface area contributed by atoms with E-state index in [9.17, 15) is 4.79 Å². The molecule has 226 valence electrons. The molecule has 6 rings (SSSR count). The maximum absolute atomic E-state index is 14.6. The van der Waals surface area contributed by atoms with E-state index in [1.54, 1.807) is 14.2 Å². The molecule has 4 aromatic rings. The SMILES string of the molecule is C=C1c2cccc(N3CCN(CC)CC3)c2C(=O)N1C(c1cccc(NCc2ccccc2)c1)c1ccc(OC)c(OC)c1. The molecule has 0 radical (unpaired) electrons. The Hall–Kier alpha value is -4.75. The standard InChI is InChI=1S/C37H40N4O3/c1-5-39-19-21-40(22-20-39)32-16-10-15-31-26(2)41(37(42)35(31)32)36(29-17-18-33(43-3)34(24-29)44-4)28-13-9-14-30(23-28)38-25-27-11-7-6-8-12-27/h6-18,23-24,36,38H,2,5,19-22,25H2,1,3-4H3. The zero-order valence-electron chi connectivity index (χ0n) is 25.8. The average Bonchev–Trinajstić information content (AvgIpc) is 3.33. The summed E-state index contributed by atoms with van der Waals surface area (Å²) in [5.41, 5.74) is 7.33. The molecule has 2 aliphatic rings. The molecule has 1 N–H and O–H groups in total. The number of likely N-dealkylation sites (N-methyl/N-ethyl adjacent to an activating group) is 1. The number of ether oxygens (including phenoxy) is 2. The molecule has 1 saturated heterocycles. The van der Waals surface area contributed by atoms with Gasteiger partial charge in [0, 0.05) is 49.7 Å². The lowest BCUT2D eigenvalue weighted by Gasteiger charge is -2.36. The van der Waals surface area contributed by atoms with Gasteiger partial charge < -0.3 is 24.6 Å². The summed E-state index contributed by atoms with van der Waals surface area (Å²) in [7, 11) is 3.26. The van der Waals surface area contributed by atoms with Crippen LogP contribution in [0.3, 0.4) is 0 Å². The molecule has 4 aromatic carbocycles. The predicted octanol–water partition coefficient (Wildman–Crippen LogP) is 6.67. The van der Waals surface area contributed by atoms with E-state index >= 15 is 0 Å². The van der Waals surface area contributed by atoms with Crippen LogP contribution < -0.4 is 19.7 Å². The van der Waals surface area contributed by atoms with Crippen LogP contribution in [0.2, 0.25) is 0 Å². The van der Waals surface area contributed by atoms with Gasteiger partial charge in [-0.3, -0.25) is 9.69 Å². The minimum atomic E-state index is -0.439. The lowest BCUT2D eigenvalue weighted by atomic mass is 9.95. The highest BCUT2D eigenvalue weighted by Crippen LogP contribution is 2.46. The molecule has 0 bridgehead atoms. The van der Waals surface area contributed by atoms with Crippen LogP contribution in [0.1, 0.15) is 45.6 Å². The molecule has 2 aliphatic heterocycles. The van der Waals surface area contributed by atoms with Gasteiger partial charge in [0.1, 0.15) is 0 Å². The summed E-state index contributed by atoms with van der Waals surface area (Å²) in [4.78, 5) is 21.3. The van der Waals surface area contributed by atoms with Crippen molar-refractivity contribution >= 4 is 23.0 Å². The number of anilines is 2. The summed E-state index contributed by atoms with van der Waals surface area (Å²) in [6.45, 7) is 12.2. The molecule has 1 unspecified atom stereocenters. The van der Waals surface area contributed by atoms with Crippen LogP contribution in [0.4, 0.5) is 11.4 Å². The molecular weight excluding hydrogens is 548 g/mol. The van der Waals surface area contributed by atoms with E-state index < -0.39 is 6.04 Å². The smallest absolute Gasteiger partial charge is 0.261 e. The van der Waals surface area contributed by atoms with E-state index in [-0.39, 0.29) is 5.91 Å². The van der Waals surface area contributed by atoms with Crippen LogP contribution in [0.15, 0.2) is 97.6 Å². The Bertz CT molecular complexity index is 1650. The molecule has 0 spiro atoms. The van der Waals surface area contributed by atoms with E-state index in [0.29, 0.717) is 23.7 Å².